The van der Waals surface area contributed by atoms with Gasteiger partial charge >= 0.3 is 0 Å². The summed E-state index contributed by atoms with van der Waals surface area (Å²) in [7, 11) is 3.33. The average Bonchev–Trinajstić information content (AvgIpc) is 3.10. The van der Waals surface area contributed by atoms with Gasteiger partial charge in [-0.25, -0.2) is 0 Å². The average molecular weight is 333 g/mol. The number of amides is 2. The highest BCUT2D eigenvalue weighted by atomic mass is 16.5. The van der Waals surface area contributed by atoms with Crippen LogP contribution in [0.2, 0.25) is 0 Å². The van der Waals surface area contributed by atoms with Crippen LogP contribution >= 0.6 is 0 Å². The van der Waals surface area contributed by atoms with Crippen LogP contribution in [0.4, 0.5) is 0 Å². The minimum atomic E-state index is -0.249. The first kappa shape index (κ1) is 18.4. The SMILES string of the molecule is COCC(c1ccccn1)N(C)C(=O)CCC(=O)NC1CCCC1. The molecule has 1 atom stereocenters. The number of carbonyl (C=O) groups is 2. The Balaban J connectivity index is 1.85. The molecular weight excluding hydrogens is 306 g/mol. The molecule has 0 aromatic carbocycles. The molecule has 24 heavy (non-hydrogen) atoms. The fraction of sp³-hybridized carbons (Fsp3) is 0.611. The molecular formula is C18H27N3O3. The number of hydrogen-bond donors (Lipinski definition) is 1. The van der Waals surface area contributed by atoms with Gasteiger partial charge in [0.05, 0.1) is 18.3 Å². The summed E-state index contributed by atoms with van der Waals surface area (Å²) in [5.74, 6) is -0.117. The van der Waals surface area contributed by atoms with Crippen LogP contribution < -0.4 is 5.32 Å². The lowest BCUT2D eigenvalue weighted by molar-refractivity contribution is -0.135. The number of pyridine rings is 1. The summed E-state index contributed by atoms with van der Waals surface area (Å²) in [5, 5.41) is 3.01. The lowest BCUT2D eigenvalue weighted by atomic mass is 10.1. The molecule has 1 aliphatic rings. The molecule has 6 heteroatoms. The monoisotopic (exact) mass is 333 g/mol. The zero-order chi connectivity index (χ0) is 17.4. The summed E-state index contributed by atoms with van der Waals surface area (Å²) in [4.78, 5) is 30.3. The Labute approximate surface area is 143 Å². The van der Waals surface area contributed by atoms with Gasteiger partial charge in [-0.05, 0) is 25.0 Å². The summed E-state index contributed by atoms with van der Waals surface area (Å²) >= 11 is 0. The summed E-state index contributed by atoms with van der Waals surface area (Å²) < 4.78 is 5.23. The molecule has 1 heterocycles. The van der Waals surface area contributed by atoms with Crippen LogP contribution in [0.15, 0.2) is 24.4 Å². The van der Waals surface area contributed by atoms with Gasteiger partial charge in [-0.2, -0.15) is 0 Å². The van der Waals surface area contributed by atoms with Crippen molar-refractivity contribution in [3.05, 3.63) is 30.1 Å². The van der Waals surface area contributed by atoms with Crippen molar-refractivity contribution < 1.29 is 14.3 Å². The zero-order valence-electron chi connectivity index (χ0n) is 14.5. The van der Waals surface area contributed by atoms with Crippen molar-refractivity contribution in [3.8, 4) is 0 Å². The number of carbonyl (C=O) groups excluding carboxylic acids is 2. The van der Waals surface area contributed by atoms with E-state index >= 15 is 0 Å². The van der Waals surface area contributed by atoms with Gasteiger partial charge in [0.1, 0.15) is 0 Å². The highest BCUT2D eigenvalue weighted by molar-refractivity contribution is 5.84. The van der Waals surface area contributed by atoms with Crippen LogP contribution in [0, 0.1) is 0 Å². The van der Waals surface area contributed by atoms with E-state index in [-0.39, 0.29) is 30.7 Å². The van der Waals surface area contributed by atoms with Crippen molar-refractivity contribution in [2.75, 3.05) is 20.8 Å². The van der Waals surface area contributed by atoms with Crippen LogP contribution in [-0.4, -0.2) is 48.5 Å². The molecule has 0 bridgehead atoms. The molecule has 1 fully saturated rings. The number of aromatic nitrogens is 1. The Kier molecular flexibility index (Phi) is 7.18. The molecule has 2 rings (SSSR count). The first-order valence-corrected chi connectivity index (χ1v) is 8.56. The Hall–Kier alpha value is -1.95. The van der Waals surface area contributed by atoms with Gasteiger partial charge in [-0.1, -0.05) is 18.9 Å². The third-order valence-corrected chi connectivity index (χ3v) is 4.50. The van der Waals surface area contributed by atoms with Crippen LogP contribution in [0.1, 0.15) is 50.3 Å². The number of nitrogens with zero attached hydrogens (tertiary/aromatic N) is 2. The highest BCUT2D eigenvalue weighted by Crippen LogP contribution is 2.19. The Morgan fingerprint density at radius 1 is 1.33 bits per heavy atom. The minimum absolute atomic E-state index is 0.0372. The first-order chi connectivity index (χ1) is 11.6. The fourth-order valence-corrected chi connectivity index (χ4v) is 3.07. The number of ether oxygens (including phenoxy) is 1. The quantitative estimate of drug-likeness (QED) is 0.790. The number of hydrogen-bond acceptors (Lipinski definition) is 4. The number of likely N-dealkylation sites (N-methyl/N-ethyl adjacent to an activating group) is 1. The van der Waals surface area contributed by atoms with E-state index in [0.717, 1.165) is 18.5 Å². The summed E-state index contributed by atoms with van der Waals surface area (Å²) in [5.41, 5.74) is 0.783. The van der Waals surface area contributed by atoms with Crippen LogP contribution in [0.5, 0.6) is 0 Å². The van der Waals surface area contributed by atoms with Gasteiger partial charge in [0.2, 0.25) is 11.8 Å². The van der Waals surface area contributed by atoms with Crippen molar-refractivity contribution in [3.63, 3.8) is 0 Å². The molecule has 1 aromatic heterocycles. The van der Waals surface area contributed by atoms with Crippen LogP contribution in [0.3, 0.4) is 0 Å². The van der Waals surface area contributed by atoms with Crippen molar-refractivity contribution in [2.45, 2.75) is 50.6 Å². The van der Waals surface area contributed by atoms with E-state index in [0.29, 0.717) is 12.6 Å². The van der Waals surface area contributed by atoms with Gasteiger partial charge < -0.3 is 15.0 Å². The maximum absolute atomic E-state index is 12.4. The predicted octanol–water partition coefficient (Wildman–Crippen LogP) is 2.07. The van der Waals surface area contributed by atoms with Crippen molar-refractivity contribution in [1.82, 2.24) is 15.2 Å². The minimum Gasteiger partial charge on any atom is -0.382 e. The van der Waals surface area contributed by atoms with Crippen LogP contribution in [-0.2, 0) is 14.3 Å². The van der Waals surface area contributed by atoms with E-state index < -0.39 is 0 Å². The first-order valence-electron chi connectivity index (χ1n) is 8.56. The summed E-state index contributed by atoms with van der Waals surface area (Å²) in [6, 6.07) is 5.64. The van der Waals surface area contributed by atoms with E-state index in [9.17, 15) is 9.59 Å². The third-order valence-electron chi connectivity index (χ3n) is 4.50. The molecule has 6 nitrogen and oxygen atoms in total. The van der Waals surface area contributed by atoms with Crippen molar-refractivity contribution >= 4 is 11.8 Å². The standard InChI is InChI=1S/C18H27N3O3/c1-21(16(13-24-2)15-9-5-6-12-19-15)18(23)11-10-17(22)20-14-7-3-4-8-14/h5-6,9,12,14,16H,3-4,7-8,10-11,13H2,1-2H3,(H,20,22). The molecule has 132 valence electrons. The van der Waals surface area contributed by atoms with Gasteiger partial charge in [-0.15, -0.1) is 0 Å². The van der Waals surface area contributed by atoms with E-state index in [1.807, 2.05) is 18.2 Å². The molecule has 2 amide bonds. The molecule has 0 saturated heterocycles. The lowest BCUT2D eigenvalue weighted by Gasteiger charge is -2.27. The van der Waals surface area contributed by atoms with Crippen molar-refractivity contribution in [1.29, 1.82) is 0 Å². The topological polar surface area (TPSA) is 71.5 Å². The smallest absolute Gasteiger partial charge is 0.223 e. The van der Waals surface area contributed by atoms with Gasteiger partial charge in [0, 0.05) is 39.2 Å². The van der Waals surface area contributed by atoms with Gasteiger partial charge in [0.15, 0.2) is 0 Å². The molecule has 0 aliphatic heterocycles. The maximum atomic E-state index is 12.4. The Morgan fingerprint density at radius 2 is 2.08 bits per heavy atom. The molecule has 1 unspecified atom stereocenters. The van der Waals surface area contributed by atoms with Crippen LogP contribution in [0.25, 0.3) is 0 Å². The Morgan fingerprint density at radius 3 is 2.71 bits per heavy atom. The second-order valence-electron chi connectivity index (χ2n) is 6.28. The van der Waals surface area contributed by atoms with E-state index in [1.165, 1.54) is 12.8 Å². The lowest BCUT2D eigenvalue weighted by Crippen LogP contribution is -2.36. The highest BCUT2D eigenvalue weighted by Gasteiger charge is 2.23. The maximum Gasteiger partial charge on any atom is 0.223 e. The van der Waals surface area contributed by atoms with Gasteiger partial charge in [0.25, 0.3) is 0 Å². The second kappa shape index (κ2) is 9.37. The summed E-state index contributed by atoms with van der Waals surface area (Å²) in [6.45, 7) is 0.369. The van der Waals surface area contributed by atoms with E-state index in [4.69, 9.17) is 4.74 Å². The number of rotatable bonds is 8. The van der Waals surface area contributed by atoms with E-state index in [2.05, 4.69) is 10.3 Å². The number of nitrogens with one attached hydrogen (secondary N) is 1. The fourth-order valence-electron chi connectivity index (χ4n) is 3.07. The molecule has 1 saturated carbocycles. The Bertz CT molecular complexity index is 530. The number of methoxy groups -OCH3 is 1. The predicted molar refractivity (Wildman–Crippen MR) is 91.3 cm³/mol. The molecule has 1 N–H and O–H groups in total. The largest absolute Gasteiger partial charge is 0.382 e. The van der Waals surface area contributed by atoms with E-state index in [1.54, 1.807) is 25.3 Å². The summed E-state index contributed by atoms with van der Waals surface area (Å²) in [6.07, 6.45) is 6.57. The molecule has 1 aromatic rings. The third kappa shape index (κ3) is 5.30. The zero-order valence-corrected chi connectivity index (χ0v) is 14.5. The van der Waals surface area contributed by atoms with Gasteiger partial charge in [-0.3, -0.25) is 14.6 Å². The molecule has 0 radical (unpaired) electrons. The second-order valence-corrected chi connectivity index (χ2v) is 6.28. The molecule has 1 aliphatic carbocycles. The molecule has 0 spiro atoms. The normalized spacial score (nSPS) is 15.9. The van der Waals surface area contributed by atoms with Crippen molar-refractivity contribution in [2.24, 2.45) is 0 Å².